The summed E-state index contributed by atoms with van der Waals surface area (Å²) in [5.74, 6) is 2.83. The first-order valence-corrected chi connectivity index (χ1v) is 6.54. The molecule has 0 amide bonds. The number of carboxylic acids is 2. The molecule has 0 saturated carbocycles. The summed E-state index contributed by atoms with van der Waals surface area (Å²) in [4.78, 5) is 24.9. The van der Waals surface area contributed by atoms with Crippen molar-refractivity contribution in [3.05, 3.63) is 0 Å². The maximum atomic E-state index is 10.6. The minimum atomic E-state index is -1.11. The molecular weight excluding hydrogens is 258 g/mol. The van der Waals surface area contributed by atoms with E-state index in [0.717, 1.165) is 0 Å². The molecule has 0 spiro atoms. The highest BCUT2D eigenvalue weighted by Gasteiger charge is 2.18. The molecule has 0 aromatic heterocycles. The van der Waals surface area contributed by atoms with Crippen molar-refractivity contribution in [2.75, 3.05) is 11.5 Å². The van der Waals surface area contributed by atoms with E-state index >= 15 is 0 Å². The standard InChI is InChI=1S/C6H13N3O5S2/c7-3(5(10)11)1-15-16-2-4(6(12)13)9-14-8/h3-4,9H,1-2,7-8H2,(H,10,11)(H,12,13)/t3?,4-/m0/s1. The van der Waals surface area contributed by atoms with E-state index in [0.29, 0.717) is 0 Å². The Balaban J connectivity index is 3.70. The number of hydroxylamine groups is 1. The van der Waals surface area contributed by atoms with Crippen molar-refractivity contribution in [1.29, 1.82) is 0 Å². The van der Waals surface area contributed by atoms with E-state index in [1.807, 2.05) is 0 Å². The maximum absolute atomic E-state index is 10.6. The number of hydrogen-bond acceptors (Lipinski definition) is 8. The molecule has 1 unspecified atom stereocenters. The molecule has 0 aliphatic rings. The van der Waals surface area contributed by atoms with E-state index in [1.54, 1.807) is 0 Å². The fourth-order valence-electron chi connectivity index (χ4n) is 0.547. The second kappa shape index (κ2) is 8.61. The third-order valence-electron chi connectivity index (χ3n) is 1.39. The van der Waals surface area contributed by atoms with Gasteiger partial charge in [-0.3, -0.25) is 9.59 Å². The second-order valence-corrected chi connectivity index (χ2v) is 5.19. The van der Waals surface area contributed by atoms with Crippen LogP contribution >= 0.6 is 21.6 Å². The van der Waals surface area contributed by atoms with Crippen LogP contribution in [0.4, 0.5) is 0 Å². The van der Waals surface area contributed by atoms with Crippen LogP contribution in [-0.2, 0) is 14.5 Å². The van der Waals surface area contributed by atoms with E-state index in [-0.39, 0.29) is 11.5 Å². The molecule has 0 rings (SSSR count). The number of rotatable bonds is 9. The van der Waals surface area contributed by atoms with Gasteiger partial charge in [0.2, 0.25) is 0 Å². The predicted octanol–water partition coefficient (Wildman–Crippen LogP) is -1.37. The maximum Gasteiger partial charge on any atom is 0.324 e. The Morgan fingerprint density at radius 1 is 1.25 bits per heavy atom. The molecule has 0 bridgehead atoms. The van der Waals surface area contributed by atoms with Gasteiger partial charge in [0.05, 0.1) is 0 Å². The summed E-state index contributed by atoms with van der Waals surface area (Å²) < 4.78 is 0. The molecule has 94 valence electrons. The summed E-state index contributed by atoms with van der Waals surface area (Å²) in [5.41, 5.74) is 7.33. The van der Waals surface area contributed by atoms with E-state index in [2.05, 4.69) is 16.3 Å². The smallest absolute Gasteiger partial charge is 0.324 e. The Hall–Kier alpha value is -0.520. The molecule has 0 aliphatic carbocycles. The summed E-state index contributed by atoms with van der Waals surface area (Å²) >= 11 is 0. The largest absolute Gasteiger partial charge is 0.480 e. The van der Waals surface area contributed by atoms with Crippen molar-refractivity contribution in [1.82, 2.24) is 5.48 Å². The molecule has 2 atom stereocenters. The Morgan fingerprint density at radius 3 is 2.25 bits per heavy atom. The molecule has 7 N–H and O–H groups in total. The summed E-state index contributed by atoms with van der Waals surface area (Å²) in [6, 6.07) is -1.91. The molecule has 0 aromatic rings. The number of aliphatic carboxylic acids is 2. The molecule has 16 heavy (non-hydrogen) atoms. The fraction of sp³-hybridized carbons (Fsp3) is 0.667. The summed E-state index contributed by atoms with van der Waals surface area (Å²) in [5, 5.41) is 17.1. The van der Waals surface area contributed by atoms with Gasteiger partial charge in [0.15, 0.2) is 0 Å². The number of hydrogen-bond donors (Lipinski definition) is 5. The lowest BCUT2D eigenvalue weighted by Crippen LogP contribution is -2.40. The van der Waals surface area contributed by atoms with E-state index < -0.39 is 24.0 Å². The van der Waals surface area contributed by atoms with Gasteiger partial charge in [-0.2, -0.15) is 11.4 Å². The minimum Gasteiger partial charge on any atom is -0.480 e. The van der Waals surface area contributed by atoms with Crippen LogP contribution in [-0.4, -0.2) is 45.7 Å². The Morgan fingerprint density at radius 2 is 1.81 bits per heavy atom. The average Bonchev–Trinajstić information content (AvgIpc) is 2.21. The predicted molar refractivity (Wildman–Crippen MR) is 60.4 cm³/mol. The Labute approximate surface area is 99.4 Å². The van der Waals surface area contributed by atoms with Crippen molar-refractivity contribution >= 4 is 33.5 Å². The highest BCUT2D eigenvalue weighted by atomic mass is 33.1. The van der Waals surface area contributed by atoms with Gasteiger partial charge < -0.3 is 15.9 Å². The molecule has 0 fully saturated rings. The van der Waals surface area contributed by atoms with Gasteiger partial charge in [-0.25, -0.2) is 4.94 Å². The molecule has 8 nitrogen and oxygen atoms in total. The van der Waals surface area contributed by atoms with Crippen LogP contribution in [0.15, 0.2) is 0 Å². The number of nitrogens with two attached hydrogens (primary N) is 2. The lowest BCUT2D eigenvalue weighted by atomic mass is 10.4. The van der Waals surface area contributed by atoms with Crippen molar-refractivity contribution in [3.63, 3.8) is 0 Å². The van der Waals surface area contributed by atoms with Crippen LogP contribution in [0.1, 0.15) is 0 Å². The molecule has 0 radical (unpaired) electrons. The van der Waals surface area contributed by atoms with Crippen LogP contribution < -0.4 is 17.1 Å². The van der Waals surface area contributed by atoms with E-state index in [1.165, 1.54) is 21.6 Å². The monoisotopic (exact) mass is 271 g/mol. The quantitative estimate of drug-likeness (QED) is 0.193. The zero-order valence-electron chi connectivity index (χ0n) is 8.16. The van der Waals surface area contributed by atoms with Crippen LogP contribution in [0.5, 0.6) is 0 Å². The molecule has 0 aliphatic heterocycles. The number of nitrogens with one attached hydrogen (secondary N) is 1. The highest BCUT2D eigenvalue weighted by Crippen LogP contribution is 2.22. The first-order valence-electron chi connectivity index (χ1n) is 4.06. The van der Waals surface area contributed by atoms with Crippen LogP contribution in [0, 0.1) is 0 Å². The van der Waals surface area contributed by atoms with E-state index in [9.17, 15) is 9.59 Å². The van der Waals surface area contributed by atoms with Crippen molar-refractivity contribution in [2.24, 2.45) is 11.6 Å². The van der Waals surface area contributed by atoms with Crippen LogP contribution in [0.2, 0.25) is 0 Å². The van der Waals surface area contributed by atoms with Gasteiger partial charge in [-0.15, -0.1) is 0 Å². The van der Waals surface area contributed by atoms with Gasteiger partial charge in [0.25, 0.3) is 0 Å². The normalized spacial score (nSPS) is 14.4. The molecule has 0 saturated heterocycles. The molecule has 0 heterocycles. The molecule has 0 aromatic carbocycles. The fourth-order valence-corrected chi connectivity index (χ4v) is 2.80. The van der Waals surface area contributed by atoms with Gasteiger partial charge in [0.1, 0.15) is 12.1 Å². The van der Waals surface area contributed by atoms with Crippen LogP contribution in [0.25, 0.3) is 0 Å². The third kappa shape index (κ3) is 6.87. The molecular formula is C6H13N3O5S2. The number of carbonyl (C=O) groups is 2. The first-order chi connectivity index (χ1) is 7.49. The van der Waals surface area contributed by atoms with Crippen molar-refractivity contribution in [2.45, 2.75) is 12.1 Å². The van der Waals surface area contributed by atoms with Crippen molar-refractivity contribution in [3.8, 4) is 0 Å². The van der Waals surface area contributed by atoms with E-state index in [4.69, 9.17) is 15.9 Å². The van der Waals surface area contributed by atoms with Crippen LogP contribution in [0.3, 0.4) is 0 Å². The molecule has 10 heteroatoms. The lowest BCUT2D eigenvalue weighted by molar-refractivity contribution is -0.143. The van der Waals surface area contributed by atoms with Gasteiger partial charge in [-0.05, 0) is 0 Å². The topological polar surface area (TPSA) is 148 Å². The number of carboxylic acid groups (broad SMARTS) is 2. The summed E-state index contributed by atoms with van der Waals surface area (Å²) in [6.45, 7) is 0. The summed E-state index contributed by atoms with van der Waals surface area (Å²) in [7, 11) is 2.34. The Bertz CT molecular complexity index is 242. The average molecular weight is 271 g/mol. The second-order valence-electron chi connectivity index (χ2n) is 2.64. The highest BCUT2D eigenvalue weighted by molar-refractivity contribution is 8.76. The minimum absolute atomic E-state index is 0.170. The SMILES string of the molecule is NON[C@@H](CSSCC(N)C(=O)O)C(=O)O. The Kier molecular flexibility index (Phi) is 8.33. The van der Waals surface area contributed by atoms with Crippen molar-refractivity contribution < 1.29 is 24.7 Å². The third-order valence-corrected chi connectivity index (χ3v) is 3.84. The summed E-state index contributed by atoms with van der Waals surface area (Å²) in [6.07, 6.45) is 0. The zero-order valence-corrected chi connectivity index (χ0v) is 9.79. The van der Waals surface area contributed by atoms with Gasteiger partial charge in [-0.1, -0.05) is 21.6 Å². The van der Waals surface area contributed by atoms with Gasteiger partial charge >= 0.3 is 11.9 Å². The zero-order chi connectivity index (χ0) is 12.6. The van der Waals surface area contributed by atoms with Gasteiger partial charge in [0, 0.05) is 11.5 Å². The lowest BCUT2D eigenvalue weighted by Gasteiger charge is -2.11. The first kappa shape index (κ1) is 15.5.